The summed E-state index contributed by atoms with van der Waals surface area (Å²) in [5.41, 5.74) is 2.71. The smallest absolute Gasteiger partial charge is 0.410 e. The molecule has 63 heavy (non-hydrogen) atoms. The molecule has 5 atom stereocenters. The van der Waals surface area contributed by atoms with Crippen LogP contribution in [0.4, 0.5) is 21.0 Å². The highest BCUT2D eigenvalue weighted by Gasteiger charge is 2.44. The largest absolute Gasteiger partial charge is 0.497 e. The van der Waals surface area contributed by atoms with Crippen LogP contribution in [-0.4, -0.2) is 105 Å². The average molecular weight is 885 g/mol. The third-order valence-corrected chi connectivity index (χ3v) is 12.1. The van der Waals surface area contributed by atoms with E-state index in [1.165, 1.54) is 53.4 Å². The fraction of sp³-hybridized carbons (Fsp3) is 0.364. The predicted octanol–water partition coefficient (Wildman–Crippen LogP) is 5.53. The summed E-state index contributed by atoms with van der Waals surface area (Å²) in [7, 11) is 1.59. The number of nitro groups is 2. The lowest BCUT2D eigenvalue weighted by Gasteiger charge is -2.27. The quantitative estimate of drug-likeness (QED) is 0.0825. The number of non-ortho nitro benzene ring substituents is 2. The minimum absolute atomic E-state index is 0.0929. The minimum Gasteiger partial charge on any atom is -0.497 e. The highest BCUT2D eigenvalue weighted by atomic mass is 32.2. The van der Waals surface area contributed by atoms with Crippen molar-refractivity contribution in [3.63, 3.8) is 0 Å². The molecule has 6 rings (SSSR count). The summed E-state index contributed by atoms with van der Waals surface area (Å²) in [5.74, 6) is 0.588. The molecule has 332 valence electrons. The fourth-order valence-corrected chi connectivity index (χ4v) is 8.55. The summed E-state index contributed by atoms with van der Waals surface area (Å²) < 4.78 is 16.2. The maximum absolute atomic E-state index is 14.1. The molecular formula is C44H48N6O12S. The standard InChI is InChI=1S/C44H48N6O12S/c1-60-36-17-11-32(12-18-36)28-63-37-22-39(48(25-37)44(55)62-27-31-9-15-35(16-10-31)50(58)59)42(53)47-20-19-33(24-47)45-41(52)23-40(51)38(21-29-5-3-2-4-6-29)46-43(54)61-26-30-7-13-34(14-8-30)49(56)57/h2-18,33,37-40,51H,19-28H2,1H3,(H,45,52)(H,46,54)/t33-,37-,38?,39-,40?/m0/s1. The Morgan fingerprint density at radius 3 is 2.02 bits per heavy atom. The van der Waals surface area contributed by atoms with Crippen LogP contribution in [0.1, 0.15) is 41.5 Å². The lowest BCUT2D eigenvalue weighted by Crippen LogP contribution is -2.49. The molecule has 2 aliphatic rings. The molecule has 0 radical (unpaired) electrons. The molecule has 2 unspecified atom stereocenters. The normalized spacial score (nSPS) is 17.9. The summed E-state index contributed by atoms with van der Waals surface area (Å²) in [5, 5.41) is 38.8. The van der Waals surface area contributed by atoms with Crippen LogP contribution >= 0.6 is 11.8 Å². The van der Waals surface area contributed by atoms with Crippen LogP contribution in [-0.2, 0) is 44.5 Å². The van der Waals surface area contributed by atoms with Gasteiger partial charge in [-0.1, -0.05) is 42.5 Å². The van der Waals surface area contributed by atoms with Gasteiger partial charge in [-0.2, -0.15) is 11.8 Å². The van der Waals surface area contributed by atoms with Crippen LogP contribution in [0.3, 0.4) is 0 Å². The Morgan fingerprint density at radius 1 is 0.810 bits per heavy atom. The second kappa shape index (κ2) is 21.9. The van der Waals surface area contributed by atoms with Gasteiger partial charge in [-0.15, -0.1) is 0 Å². The second-order valence-corrected chi connectivity index (χ2v) is 16.5. The van der Waals surface area contributed by atoms with Gasteiger partial charge in [-0.05, 0) is 77.9 Å². The van der Waals surface area contributed by atoms with Gasteiger partial charge in [0.15, 0.2) is 0 Å². The zero-order chi connectivity index (χ0) is 44.9. The molecular weight excluding hydrogens is 837 g/mol. The van der Waals surface area contributed by atoms with Gasteiger partial charge in [0.1, 0.15) is 25.0 Å². The molecule has 4 aromatic carbocycles. The molecule has 2 heterocycles. The molecule has 19 heteroatoms. The zero-order valence-corrected chi connectivity index (χ0v) is 35.2. The van der Waals surface area contributed by atoms with Crippen molar-refractivity contribution in [2.45, 2.75) is 74.1 Å². The molecule has 4 amide bonds. The number of nitrogens with zero attached hydrogens (tertiary/aromatic N) is 4. The predicted molar refractivity (Wildman–Crippen MR) is 231 cm³/mol. The van der Waals surface area contributed by atoms with Gasteiger partial charge in [-0.25, -0.2) is 9.59 Å². The Balaban J connectivity index is 1.04. The van der Waals surface area contributed by atoms with Gasteiger partial charge >= 0.3 is 12.2 Å². The van der Waals surface area contributed by atoms with E-state index in [1.54, 1.807) is 23.8 Å². The monoisotopic (exact) mass is 884 g/mol. The number of thioether (sulfide) groups is 1. The van der Waals surface area contributed by atoms with Crippen molar-refractivity contribution in [2.24, 2.45) is 0 Å². The van der Waals surface area contributed by atoms with Crippen molar-refractivity contribution in [3.05, 3.63) is 146 Å². The Labute approximate surface area is 367 Å². The lowest BCUT2D eigenvalue weighted by atomic mass is 9.99. The van der Waals surface area contributed by atoms with E-state index in [1.807, 2.05) is 54.6 Å². The van der Waals surface area contributed by atoms with E-state index < -0.39 is 52.2 Å². The molecule has 4 aromatic rings. The average Bonchev–Trinajstić information content (AvgIpc) is 3.95. The molecule has 0 spiro atoms. The topological polar surface area (TPSA) is 233 Å². The van der Waals surface area contributed by atoms with Gasteiger partial charge in [0, 0.05) is 60.9 Å². The number of amides is 4. The van der Waals surface area contributed by atoms with Crippen molar-refractivity contribution in [3.8, 4) is 5.75 Å². The lowest BCUT2D eigenvalue weighted by molar-refractivity contribution is -0.385. The highest BCUT2D eigenvalue weighted by Crippen LogP contribution is 2.33. The van der Waals surface area contributed by atoms with Crippen LogP contribution in [0.25, 0.3) is 0 Å². The number of carbonyl (C=O) groups excluding carboxylic acids is 4. The van der Waals surface area contributed by atoms with Crippen molar-refractivity contribution < 1.29 is 48.3 Å². The Hall–Kier alpha value is -6.73. The summed E-state index contributed by atoms with van der Waals surface area (Å²) in [4.78, 5) is 77.9. The van der Waals surface area contributed by atoms with Crippen LogP contribution in [0.15, 0.2) is 103 Å². The molecule has 18 nitrogen and oxygen atoms in total. The van der Waals surface area contributed by atoms with Crippen LogP contribution in [0.2, 0.25) is 0 Å². The van der Waals surface area contributed by atoms with Crippen molar-refractivity contribution >= 4 is 47.1 Å². The first-order valence-electron chi connectivity index (χ1n) is 20.2. The van der Waals surface area contributed by atoms with Crippen LogP contribution in [0, 0.1) is 20.2 Å². The molecule has 3 N–H and O–H groups in total. The van der Waals surface area contributed by atoms with E-state index in [9.17, 15) is 44.5 Å². The number of aliphatic hydroxyl groups excluding tert-OH is 1. The molecule has 0 saturated carbocycles. The highest BCUT2D eigenvalue weighted by molar-refractivity contribution is 7.99. The fourth-order valence-electron chi connectivity index (χ4n) is 7.35. The number of alkyl carbamates (subject to hydrolysis) is 1. The molecule has 0 aromatic heterocycles. The van der Waals surface area contributed by atoms with E-state index in [0.29, 0.717) is 36.3 Å². The van der Waals surface area contributed by atoms with E-state index in [0.717, 1.165) is 16.9 Å². The second-order valence-electron chi connectivity index (χ2n) is 15.2. The number of likely N-dealkylation sites (tertiary alicyclic amines) is 2. The number of rotatable bonds is 18. The van der Waals surface area contributed by atoms with Crippen molar-refractivity contribution in [1.82, 2.24) is 20.4 Å². The summed E-state index contributed by atoms with van der Waals surface area (Å²) in [6.45, 7) is 0.419. The SMILES string of the molecule is COc1ccc(CS[C@H]2C[C@@H](C(=O)N3CC[C@H](NC(=O)CC(O)C(Cc4ccccc4)NC(=O)OCc4ccc([N+](=O)[O-])cc4)C3)N(C(=O)OCc3ccc([N+](=O)[O-])cc3)C2)cc1. The minimum atomic E-state index is -1.33. The van der Waals surface area contributed by atoms with Crippen LogP contribution < -0.4 is 15.4 Å². The maximum atomic E-state index is 14.1. The summed E-state index contributed by atoms with van der Waals surface area (Å²) in [6.07, 6.45) is -2.25. The molecule has 0 aliphatic carbocycles. The number of benzene rings is 4. The number of methoxy groups -OCH3 is 1. The summed E-state index contributed by atoms with van der Waals surface area (Å²) in [6, 6.07) is 25.7. The van der Waals surface area contributed by atoms with E-state index in [4.69, 9.17) is 14.2 Å². The number of nitro benzene ring substituents is 2. The van der Waals surface area contributed by atoms with Crippen molar-refractivity contribution in [2.75, 3.05) is 26.7 Å². The third kappa shape index (κ3) is 13.1. The van der Waals surface area contributed by atoms with Gasteiger partial charge in [0.25, 0.3) is 11.4 Å². The number of aliphatic hydroxyl groups is 1. The first-order chi connectivity index (χ1) is 30.3. The van der Waals surface area contributed by atoms with Crippen molar-refractivity contribution in [1.29, 1.82) is 0 Å². The van der Waals surface area contributed by atoms with E-state index in [2.05, 4.69) is 10.6 Å². The number of nitrogens with one attached hydrogen (secondary N) is 2. The number of hydrogen-bond donors (Lipinski definition) is 3. The Kier molecular flexibility index (Phi) is 15.9. The first kappa shape index (κ1) is 45.8. The third-order valence-electron chi connectivity index (χ3n) is 10.8. The number of ether oxygens (including phenoxy) is 3. The van der Waals surface area contributed by atoms with Gasteiger partial charge < -0.3 is 34.9 Å². The maximum Gasteiger partial charge on any atom is 0.410 e. The molecule has 2 fully saturated rings. The van der Waals surface area contributed by atoms with E-state index >= 15 is 0 Å². The zero-order valence-electron chi connectivity index (χ0n) is 34.4. The number of hydrogen-bond acceptors (Lipinski definition) is 13. The summed E-state index contributed by atoms with van der Waals surface area (Å²) >= 11 is 1.62. The van der Waals surface area contributed by atoms with Gasteiger partial charge in [0.05, 0.1) is 35.5 Å². The number of carbonyl (C=O) groups is 4. The molecule has 2 saturated heterocycles. The molecule has 2 aliphatic heterocycles. The van der Waals surface area contributed by atoms with Crippen LogP contribution in [0.5, 0.6) is 5.75 Å². The first-order valence-corrected chi connectivity index (χ1v) is 21.3. The van der Waals surface area contributed by atoms with Gasteiger partial charge in [0.2, 0.25) is 11.8 Å². The van der Waals surface area contributed by atoms with Gasteiger partial charge in [-0.3, -0.25) is 34.7 Å². The molecule has 0 bridgehead atoms. The Bertz CT molecular complexity index is 2220. The Morgan fingerprint density at radius 2 is 1.41 bits per heavy atom. The van der Waals surface area contributed by atoms with E-state index in [-0.39, 0.29) is 61.7 Å².